The van der Waals surface area contributed by atoms with Crippen LogP contribution in [-0.4, -0.2) is 102 Å². The Bertz CT molecular complexity index is 1230. The van der Waals surface area contributed by atoms with Crippen molar-refractivity contribution in [2.75, 3.05) is 5.32 Å². The first-order valence-corrected chi connectivity index (χ1v) is 9.08. The van der Waals surface area contributed by atoms with Crippen LogP contribution in [0, 0.1) is 0 Å². The molecule has 3 rings (SSSR count). The second kappa shape index (κ2) is 8.92. The van der Waals surface area contributed by atoms with Crippen LogP contribution in [0.2, 0.25) is 0 Å². The van der Waals surface area contributed by atoms with Crippen LogP contribution in [0.25, 0.3) is 11.1 Å². The molecule has 1 N–H and O–H groups in total. The minimum atomic E-state index is 0.0208. The summed E-state index contributed by atoms with van der Waals surface area (Å²) >= 11 is 0. The van der Waals surface area contributed by atoms with Crippen molar-refractivity contribution in [3.05, 3.63) is 6.07 Å². The predicted octanol–water partition coefficient (Wildman–Crippen LogP) is -10.6. The maximum Gasteiger partial charge on any atom is 0.115 e. The van der Waals surface area contributed by atoms with E-state index in [1.807, 2.05) is 0 Å². The molecule has 0 unspecified atom stereocenters. The first kappa shape index (κ1) is 24.9. The largest absolute Gasteiger partial charge is 0.356 e. The second-order valence-corrected chi connectivity index (χ2v) is 7.23. The number of nitrogens with one attached hydrogen (secondary N) is 1. The zero-order valence-electron chi connectivity index (χ0n) is 17.1. The van der Waals surface area contributed by atoms with Crippen molar-refractivity contribution in [3.63, 3.8) is 0 Å². The first-order valence-electron chi connectivity index (χ1n) is 9.08. The Balaban J connectivity index is 2.41. The molecule has 3 aromatic rings. The summed E-state index contributed by atoms with van der Waals surface area (Å²) in [5, 5.41) is 3.03. The van der Waals surface area contributed by atoms with Gasteiger partial charge in [0.1, 0.15) is 102 Å². The van der Waals surface area contributed by atoms with Gasteiger partial charge in [-0.3, -0.25) is 0 Å². The van der Waals surface area contributed by atoms with Crippen LogP contribution in [0.1, 0.15) is 0 Å². The molecule has 0 aromatic heterocycles. The molecule has 0 spiro atoms. The van der Waals surface area contributed by atoms with Crippen molar-refractivity contribution < 1.29 is 0 Å². The summed E-state index contributed by atoms with van der Waals surface area (Å²) in [5.74, 6) is 0. The fraction of sp³-hybridized carbons (Fsp3) is 0. The van der Waals surface area contributed by atoms with Crippen molar-refractivity contribution in [2.45, 2.75) is 0 Å². The summed E-state index contributed by atoms with van der Waals surface area (Å²) in [5.41, 5.74) is 1.48. The average Bonchev–Trinajstić information content (AvgIpc) is 2.76. The molecule has 0 aliphatic rings. The SMILES string of the molecule is [B]c1cc(Nc2c([B])c([B])c([B])c([B])c2[B])c(-c2c([B])c([B])c([B])c([B])c2[B])c([B])c1[B]. The molecule has 0 bridgehead atoms. The van der Waals surface area contributed by atoms with E-state index in [1.54, 1.807) is 0 Å². The molecule has 0 heterocycles. The molecule has 0 amide bonds. The molecule has 1 nitrogen and oxygen atoms in total. The van der Waals surface area contributed by atoms with Crippen LogP contribution >= 0.6 is 0 Å². The van der Waals surface area contributed by atoms with E-state index in [1.165, 1.54) is 6.07 Å². The third kappa shape index (κ3) is 3.82. The van der Waals surface area contributed by atoms with Crippen LogP contribution in [0.3, 0.4) is 0 Å². The van der Waals surface area contributed by atoms with Crippen LogP contribution in [0.4, 0.5) is 11.4 Å². The standard InChI is InChI=1S/C18H2B13N/c19-2-1-3(32-18-16(30)14(28)13(27)15(29)17(18)31)4(7(21)6(2)20)5-8(22)10(24)12(26)11(25)9(5)23/h1,32H. The number of hydrogen-bond donors (Lipinski definition) is 1. The summed E-state index contributed by atoms with van der Waals surface area (Å²) in [6.45, 7) is 0. The Hall–Kier alpha value is -1.70. The van der Waals surface area contributed by atoms with E-state index in [9.17, 15) is 0 Å². The molecule has 26 radical (unpaired) electrons. The van der Waals surface area contributed by atoms with Gasteiger partial charge in [0.15, 0.2) is 0 Å². The van der Waals surface area contributed by atoms with Crippen molar-refractivity contribution in [1.29, 1.82) is 0 Å². The van der Waals surface area contributed by atoms with Gasteiger partial charge in [-0.05, 0) is 17.2 Å². The summed E-state index contributed by atoms with van der Waals surface area (Å²) in [4.78, 5) is 0. The summed E-state index contributed by atoms with van der Waals surface area (Å²) in [6, 6.07) is 1.48. The van der Waals surface area contributed by atoms with Crippen molar-refractivity contribution in [2.24, 2.45) is 0 Å². The van der Waals surface area contributed by atoms with Gasteiger partial charge in [0.25, 0.3) is 0 Å². The predicted molar refractivity (Wildman–Crippen MR) is 152 cm³/mol. The molecule has 118 valence electrons. The lowest BCUT2D eigenvalue weighted by molar-refractivity contribution is 1.64. The summed E-state index contributed by atoms with van der Waals surface area (Å²) in [6.07, 6.45) is 0. The first-order chi connectivity index (χ1) is 14.8. The molecule has 14 heteroatoms. The van der Waals surface area contributed by atoms with Gasteiger partial charge in [-0.2, -0.15) is 0 Å². The fourth-order valence-corrected chi connectivity index (χ4v) is 3.35. The van der Waals surface area contributed by atoms with E-state index in [4.69, 9.17) is 102 Å². The lowest BCUT2D eigenvalue weighted by atomic mass is 9.58. The van der Waals surface area contributed by atoms with Gasteiger partial charge >= 0.3 is 0 Å². The van der Waals surface area contributed by atoms with Gasteiger partial charge in [0.05, 0.1) is 0 Å². The Morgan fingerprint density at radius 2 is 0.719 bits per heavy atom. The van der Waals surface area contributed by atoms with E-state index in [0.717, 1.165) is 0 Å². The van der Waals surface area contributed by atoms with Gasteiger partial charge in [0.2, 0.25) is 0 Å². The van der Waals surface area contributed by atoms with Gasteiger partial charge in [-0.25, -0.2) is 0 Å². The van der Waals surface area contributed by atoms with Crippen molar-refractivity contribution in [1.82, 2.24) is 0 Å². The third-order valence-corrected chi connectivity index (χ3v) is 5.35. The highest BCUT2D eigenvalue weighted by atomic mass is 14.9. The van der Waals surface area contributed by atoms with Crippen molar-refractivity contribution in [3.8, 4) is 11.1 Å². The quantitative estimate of drug-likeness (QED) is 0.450. The monoisotopic (exact) mass is 375 g/mol. The Kier molecular flexibility index (Phi) is 6.95. The smallest absolute Gasteiger partial charge is 0.115 e. The zero-order valence-corrected chi connectivity index (χ0v) is 17.1. The van der Waals surface area contributed by atoms with Gasteiger partial charge < -0.3 is 5.32 Å². The number of rotatable bonds is 3. The highest BCUT2D eigenvalue weighted by Gasteiger charge is 2.20. The number of benzene rings is 3. The highest BCUT2D eigenvalue weighted by molar-refractivity contribution is 6.71. The zero-order chi connectivity index (χ0) is 24.2. The fourth-order valence-electron chi connectivity index (χ4n) is 3.35. The molecule has 0 aliphatic heterocycles. The Morgan fingerprint density at radius 3 is 1.16 bits per heavy atom. The Morgan fingerprint density at radius 1 is 0.375 bits per heavy atom. The molecule has 0 saturated heterocycles. The minimum Gasteiger partial charge on any atom is -0.356 e. The van der Waals surface area contributed by atoms with E-state index in [0.29, 0.717) is 0 Å². The topological polar surface area (TPSA) is 12.0 Å². The van der Waals surface area contributed by atoms with Gasteiger partial charge in [-0.15, -0.1) is 43.7 Å². The lowest BCUT2D eigenvalue weighted by Crippen LogP contribution is -2.56. The van der Waals surface area contributed by atoms with Gasteiger partial charge in [-0.1, -0.05) is 27.3 Å². The third-order valence-electron chi connectivity index (χ3n) is 5.35. The molecule has 3 aromatic carbocycles. The van der Waals surface area contributed by atoms with Gasteiger partial charge in [0, 0.05) is 11.4 Å². The van der Waals surface area contributed by atoms with Crippen LogP contribution in [0.15, 0.2) is 6.07 Å². The molecule has 0 fully saturated rings. The average molecular weight is 373 g/mol. The second-order valence-electron chi connectivity index (χ2n) is 7.23. The van der Waals surface area contributed by atoms with Crippen LogP contribution in [0.5, 0.6) is 0 Å². The maximum atomic E-state index is 6.31. The normalized spacial score (nSPS) is 10.9. The van der Waals surface area contributed by atoms with Crippen LogP contribution in [-0.2, 0) is 0 Å². The van der Waals surface area contributed by atoms with E-state index >= 15 is 0 Å². The molecule has 0 aliphatic carbocycles. The molecular formula is C18H2B13N. The Labute approximate surface area is 206 Å². The van der Waals surface area contributed by atoms with E-state index in [-0.39, 0.29) is 93.5 Å². The summed E-state index contributed by atoms with van der Waals surface area (Å²) in [7, 11) is 78.8. The highest BCUT2D eigenvalue weighted by Crippen LogP contribution is 2.23. The number of hydrogen-bond acceptors (Lipinski definition) is 1. The maximum absolute atomic E-state index is 6.31. The molecule has 0 saturated carbocycles. The lowest BCUT2D eigenvalue weighted by Gasteiger charge is -2.28. The van der Waals surface area contributed by atoms with E-state index in [2.05, 4.69) is 5.32 Å². The van der Waals surface area contributed by atoms with Crippen LogP contribution < -0.4 is 76.3 Å². The van der Waals surface area contributed by atoms with E-state index < -0.39 is 0 Å². The minimum absolute atomic E-state index is 0.0208. The molecule has 0 atom stereocenters. The summed E-state index contributed by atoms with van der Waals surface area (Å²) < 4.78 is 0. The molecule has 32 heavy (non-hydrogen) atoms. The molecular weight excluding hydrogens is 371 g/mol. The van der Waals surface area contributed by atoms with Crippen molar-refractivity contribution >= 4 is 184 Å². The number of anilines is 2.